The number of aryl methyl sites for hydroxylation is 1. The van der Waals surface area contributed by atoms with Crippen molar-refractivity contribution in [2.24, 2.45) is 0 Å². The van der Waals surface area contributed by atoms with E-state index in [1.165, 1.54) is 7.11 Å². The van der Waals surface area contributed by atoms with Crippen LogP contribution in [-0.2, 0) is 16.0 Å². The molecule has 0 aliphatic heterocycles. The van der Waals surface area contributed by atoms with Crippen LogP contribution in [0.2, 0.25) is 5.02 Å². The first-order valence-electron chi connectivity index (χ1n) is 5.09. The van der Waals surface area contributed by atoms with Crippen LogP contribution in [0.15, 0.2) is 12.1 Å². The van der Waals surface area contributed by atoms with Gasteiger partial charge in [0.2, 0.25) is 0 Å². The number of carbonyl (C=O) groups is 1. The molecule has 0 heterocycles. The summed E-state index contributed by atoms with van der Waals surface area (Å²) in [6.07, 6.45) is 0.789. The van der Waals surface area contributed by atoms with Gasteiger partial charge in [-0.1, -0.05) is 11.6 Å². The number of halogens is 1. The van der Waals surface area contributed by atoms with Crippen molar-refractivity contribution in [3.63, 3.8) is 0 Å². The first-order chi connectivity index (χ1) is 8.12. The summed E-state index contributed by atoms with van der Waals surface area (Å²) in [5.74, 6) is 0.895. The van der Waals surface area contributed by atoms with Gasteiger partial charge >= 0.3 is 5.97 Å². The van der Waals surface area contributed by atoms with Gasteiger partial charge < -0.3 is 14.2 Å². The molecule has 0 aliphatic carbocycles. The summed E-state index contributed by atoms with van der Waals surface area (Å²) in [4.78, 5) is 11.1. The molecule has 1 aromatic rings. The van der Waals surface area contributed by atoms with E-state index in [0.29, 0.717) is 22.9 Å². The standard InChI is InChI=1S/C12H15ClO4/c1-15-10-6-8(4-5-12(14)17-3)9(13)7-11(10)16-2/h6-7H,4-5H2,1-3H3. The molecule has 0 atom stereocenters. The van der Waals surface area contributed by atoms with Crippen molar-refractivity contribution < 1.29 is 19.0 Å². The molecule has 0 spiro atoms. The molecule has 0 aromatic heterocycles. The minimum atomic E-state index is -0.268. The third-order valence-electron chi connectivity index (χ3n) is 2.38. The molecule has 0 saturated carbocycles. The SMILES string of the molecule is COC(=O)CCc1cc(OC)c(OC)cc1Cl. The molecule has 1 aromatic carbocycles. The van der Waals surface area contributed by atoms with E-state index >= 15 is 0 Å². The van der Waals surface area contributed by atoms with Crippen LogP contribution in [0.5, 0.6) is 11.5 Å². The Bertz CT molecular complexity index is 404. The van der Waals surface area contributed by atoms with Gasteiger partial charge in [-0.3, -0.25) is 4.79 Å². The second-order valence-corrected chi connectivity index (χ2v) is 3.78. The van der Waals surface area contributed by atoms with Gasteiger partial charge in [0.25, 0.3) is 0 Å². The van der Waals surface area contributed by atoms with Gasteiger partial charge in [-0.15, -0.1) is 0 Å². The topological polar surface area (TPSA) is 44.8 Å². The van der Waals surface area contributed by atoms with Gasteiger partial charge in [-0.2, -0.15) is 0 Å². The van der Waals surface area contributed by atoms with Crippen molar-refractivity contribution in [2.45, 2.75) is 12.8 Å². The molecule has 0 amide bonds. The minimum Gasteiger partial charge on any atom is -0.493 e. The molecule has 0 aliphatic rings. The molecule has 0 radical (unpaired) electrons. The number of rotatable bonds is 5. The number of esters is 1. The van der Waals surface area contributed by atoms with Crippen molar-refractivity contribution in [3.8, 4) is 11.5 Å². The monoisotopic (exact) mass is 258 g/mol. The molecule has 0 saturated heterocycles. The molecule has 17 heavy (non-hydrogen) atoms. The number of methoxy groups -OCH3 is 3. The first kappa shape index (κ1) is 13.6. The van der Waals surface area contributed by atoms with Crippen LogP contribution >= 0.6 is 11.6 Å². The molecule has 0 N–H and O–H groups in total. The summed E-state index contributed by atoms with van der Waals surface area (Å²) in [6.45, 7) is 0. The second kappa shape index (κ2) is 6.35. The Morgan fingerprint density at radius 2 is 1.76 bits per heavy atom. The highest BCUT2D eigenvalue weighted by Crippen LogP contribution is 2.33. The Hall–Kier alpha value is -1.42. The highest BCUT2D eigenvalue weighted by atomic mass is 35.5. The third kappa shape index (κ3) is 3.53. The molecule has 5 heteroatoms. The van der Waals surface area contributed by atoms with Crippen molar-refractivity contribution >= 4 is 17.6 Å². The summed E-state index contributed by atoms with van der Waals surface area (Å²) in [5.41, 5.74) is 0.828. The summed E-state index contributed by atoms with van der Waals surface area (Å²) in [7, 11) is 4.46. The van der Waals surface area contributed by atoms with E-state index in [2.05, 4.69) is 4.74 Å². The Labute approximate surface area is 105 Å². The van der Waals surface area contributed by atoms with Gasteiger partial charge in [0.15, 0.2) is 11.5 Å². The average molecular weight is 259 g/mol. The van der Waals surface area contributed by atoms with Gasteiger partial charge in [-0.25, -0.2) is 0 Å². The van der Waals surface area contributed by atoms with E-state index in [4.69, 9.17) is 21.1 Å². The van der Waals surface area contributed by atoms with Crippen LogP contribution in [0.1, 0.15) is 12.0 Å². The molecular weight excluding hydrogens is 244 g/mol. The van der Waals surface area contributed by atoms with Crippen LogP contribution < -0.4 is 9.47 Å². The largest absolute Gasteiger partial charge is 0.493 e. The summed E-state index contributed by atoms with van der Waals surface area (Å²) in [6, 6.07) is 3.44. The Balaban J connectivity index is 2.89. The molecule has 0 bridgehead atoms. The quantitative estimate of drug-likeness (QED) is 0.761. The zero-order valence-electron chi connectivity index (χ0n) is 10.1. The highest BCUT2D eigenvalue weighted by Gasteiger charge is 2.11. The van der Waals surface area contributed by atoms with Gasteiger partial charge in [-0.05, 0) is 18.1 Å². The fourth-order valence-corrected chi connectivity index (χ4v) is 1.67. The second-order valence-electron chi connectivity index (χ2n) is 3.37. The minimum absolute atomic E-state index is 0.268. The Kier molecular flexibility index (Phi) is 5.10. The van der Waals surface area contributed by atoms with Crippen LogP contribution in [-0.4, -0.2) is 27.3 Å². The normalized spacial score (nSPS) is 9.88. The zero-order valence-corrected chi connectivity index (χ0v) is 10.8. The van der Waals surface area contributed by atoms with Crippen LogP contribution in [0.25, 0.3) is 0 Å². The fourth-order valence-electron chi connectivity index (χ4n) is 1.43. The maximum absolute atomic E-state index is 11.1. The lowest BCUT2D eigenvalue weighted by molar-refractivity contribution is -0.140. The van der Waals surface area contributed by atoms with Crippen molar-refractivity contribution in [1.29, 1.82) is 0 Å². The number of benzene rings is 1. The predicted molar refractivity (Wildman–Crippen MR) is 64.9 cm³/mol. The van der Waals surface area contributed by atoms with Crippen molar-refractivity contribution in [3.05, 3.63) is 22.7 Å². The lowest BCUT2D eigenvalue weighted by Gasteiger charge is -2.11. The predicted octanol–water partition coefficient (Wildman–Crippen LogP) is 2.46. The summed E-state index contributed by atoms with van der Waals surface area (Å²) < 4.78 is 14.9. The van der Waals surface area contributed by atoms with Crippen LogP contribution in [0, 0.1) is 0 Å². The van der Waals surface area contributed by atoms with Crippen LogP contribution in [0.3, 0.4) is 0 Å². The summed E-state index contributed by atoms with van der Waals surface area (Å²) in [5, 5.41) is 0.548. The summed E-state index contributed by atoms with van der Waals surface area (Å²) >= 11 is 6.08. The van der Waals surface area contributed by atoms with E-state index < -0.39 is 0 Å². The van der Waals surface area contributed by atoms with E-state index in [1.807, 2.05) is 0 Å². The highest BCUT2D eigenvalue weighted by molar-refractivity contribution is 6.31. The molecule has 1 rings (SSSR count). The van der Waals surface area contributed by atoms with Crippen molar-refractivity contribution in [2.75, 3.05) is 21.3 Å². The van der Waals surface area contributed by atoms with Gasteiger partial charge in [0, 0.05) is 17.5 Å². The lowest BCUT2D eigenvalue weighted by atomic mass is 10.1. The average Bonchev–Trinajstić information content (AvgIpc) is 2.36. The van der Waals surface area contributed by atoms with E-state index in [1.54, 1.807) is 26.4 Å². The first-order valence-corrected chi connectivity index (χ1v) is 5.47. The number of ether oxygens (including phenoxy) is 3. The molecule has 94 valence electrons. The van der Waals surface area contributed by atoms with E-state index in [0.717, 1.165) is 5.56 Å². The Morgan fingerprint density at radius 3 is 2.29 bits per heavy atom. The molecule has 0 unspecified atom stereocenters. The molecular formula is C12H15ClO4. The fraction of sp³-hybridized carbons (Fsp3) is 0.417. The van der Waals surface area contributed by atoms with Gasteiger partial charge in [0.1, 0.15) is 0 Å². The van der Waals surface area contributed by atoms with Gasteiger partial charge in [0.05, 0.1) is 21.3 Å². The zero-order chi connectivity index (χ0) is 12.8. The third-order valence-corrected chi connectivity index (χ3v) is 2.73. The smallest absolute Gasteiger partial charge is 0.305 e. The maximum Gasteiger partial charge on any atom is 0.305 e. The van der Waals surface area contributed by atoms with E-state index in [9.17, 15) is 4.79 Å². The van der Waals surface area contributed by atoms with E-state index in [-0.39, 0.29) is 12.4 Å². The Morgan fingerprint density at radius 1 is 1.18 bits per heavy atom. The van der Waals surface area contributed by atoms with Crippen molar-refractivity contribution in [1.82, 2.24) is 0 Å². The lowest BCUT2D eigenvalue weighted by Crippen LogP contribution is -2.02. The molecule has 0 fully saturated rings. The van der Waals surface area contributed by atoms with Crippen LogP contribution in [0.4, 0.5) is 0 Å². The number of hydrogen-bond acceptors (Lipinski definition) is 4. The molecule has 4 nitrogen and oxygen atoms in total. The number of hydrogen-bond donors (Lipinski definition) is 0. The maximum atomic E-state index is 11.1. The number of carbonyl (C=O) groups excluding carboxylic acids is 1.